The highest BCUT2D eigenvalue weighted by molar-refractivity contribution is 5.93. The minimum absolute atomic E-state index is 0.103. The number of halogens is 1. The summed E-state index contributed by atoms with van der Waals surface area (Å²) in [6.07, 6.45) is 0. The van der Waals surface area contributed by atoms with E-state index in [0.29, 0.717) is 24.2 Å². The van der Waals surface area contributed by atoms with Crippen LogP contribution >= 0.6 is 0 Å². The molecule has 2 fully saturated rings. The van der Waals surface area contributed by atoms with Crippen LogP contribution in [-0.2, 0) is 24.4 Å². The van der Waals surface area contributed by atoms with E-state index in [4.69, 9.17) is 9.94 Å². The van der Waals surface area contributed by atoms with Crippen molar-refractivity contribution in [3.8, 4) is 0 Å². The van der Waals surface area contributed by atoms with Crippen LogP contribution in [0.5, 0.6) is 0 Å². The number of hydroxylamine groups is 1. The number of benzene rings is 2. The average Bonchev–Trinajstić information content (AvgIpc) is 2.83. The molecule has 8 heteroatoms. The van der Waals surface area contributed by atoms with E-state index in [1.54, 1.807) is 11.5 Å². The maximum absolute atomic E-state index is 14.6. The lowest BCUT2D eigenvalue weighted by molar-refractivity contribution is 0.0283. The second kappa shape index (κ2) is 11.4. The molecule has 2 aliphatic rings. The molecule has 0 saturated carbocycles. The molecule has 0 unspecified atom stereocenters. The first kappa shape index (κ1) is 24.8. The second-order valence-electron chi connectivity index (χ2n) is 9.52. The maximum Gasteiger partial charge on any atom is 0.274 e. The predicted molar refractivity (Wildman–Crippen MR) is 128 cm³/mol. The van der Waals surface area contributed by atoms with E-state index in [-0.39, 0.29) is 5.56 Å². The zero-order chi connectivity index (χ0) is 24.1. The third-order valence-corrected chi connectivity index (χ3v) is 6.85. The van der Waals surface area contributed by atoms with Crippen LogP contribution in [0.25, 0.3) is 0 Å². The first-order valence-corrected chi connectivity index (χ1v) is 12.0. The molecule has 0 radical (unpaired) electrons. The standard InChI is InChI=1S/C26H35FN4O3/c1-19-14-30(18-24-7-6-23(13-25(24)27)26(32)28-33)15-20(2)31(19)17-22-5-3-4-21(12-22)16-29-8-10-34-11-9-29/h3-7,12-13,19-20,33H,8-11,14-18H2,1-2H3,(H,28,32)/t19-,20+. The molecule has 2 atom stereocenters. The lowest BCUT2D eigenvalue weighted by Gasteiger charge is -2.44. The van der Waals surface area contributed by atoms with Crippen LogP contribution in [0.4, 0.5) is 4.39 Å². The van der Waals surface area contributed by atoms with Gasteiger partial charge in [0.15, 0.2) is 0 Å². The van der Waals surface area contributed by atoms with E-state index in [1.165, 1.54) is 23.3 Å². The molecule has 2 saturated heterocycles. The molecule has 0 aliphatic carbocycles. The highest BCUT2D eigenvalue weighted by Gasteiger charge is 2.30. The van der Waals surface area contributed by atoms with Gasteiger partial charge in [-0.25, -0.2) is 9.87 Å². The number of carbonyl (C=O) groups excluding carboxylic acids is 1. The zero-order valence-electron chi connectivity index (χ0n) is 20.0. The quantitative estimate of drug-likeness (QED) is 0.479. The van der Waals surface area contributed by atoms with Crippen molar-refractivity contribution in [1.29, 1.82) is 0 Å². The van der Waals surface area contributed by atoms with Crippen LogP contribution in [0.2, 0.25) is 0 Å². The topological polar surface area (TPSA) is 68.3 Å². The molecule has 1 amide bonds. The Balaban J connectivity index is 1.35. The fourth-order valence-electron chi connectivity index (χ4n) is 5.08. The second-order valence-corrected chi connectivity index (χ2v) is 9.52. The molecule has 2 heterocycles. The molecule has 2 aliphatic heterocycles. The number of hydrogen-bond donors (Lipinski definition) is 2. The van der Waals surface area contributed by atoms with Crippen molar-refractivity contribution in [3.05, 3.63) is 70.5 Å². The van der Waals surface area contributed by atoms with Gasteiger partial charge in [0, 0.05) is 69.0 Å². The SMILES string of the molecule is C[C@@H]1CN(Cc2ccc(C(=O)NO)cc2F)C[C@H](C)N1Cc1cccc(CN2CCOCC2)c1. The van der Waals surface area contributed by atoms with Gasteiger partial charge in [-0.05, 0) is 37.1 Å². The van der Waals surface area contributed by atoms with Crippen LogP contribution in [-0.4, -0.2) is 77.3 Å². The van der Waals surface area contributed by atoms with Crippen molar-refractivity contribution in [2.75, 3.05) is 39.4 Å². The Labute approximate surface area is 201 Å². The summed E-state index contributed by atoms with van der Waals surface area (Å²) in [6, 6.07) is 13.9. The molecule has 184 valence electrons. The minimum atomic E-state index is -0.713. The summed E-state index contributed by atoms with van der Waals surface area (Å²) < 4.78 is 20.0. The Hall–Kier alpha value is -2.36. The number of amides is 1. The number of carbonyl (C=O) groups is 1. The van der Waals surface area contributed by atoms with Crippen molar-refractivity contribution in [1.82, 2.24) is 20.2 Å². The third kappa shape index (κ3) is 6.20. The van der Waals surface area contributed by atoms with Gasteiger partial charge >= 0.3 is 0 Å². The van der Waals surface area contributed by atoms with Crippen molar-refractivity contribution in [3.63, 3.8) is 0 Å². The van der Waals surface area contributed by atoms with E-state index in [2.05, 4.69) is 52.8 Å². The average molecular weight is 471 g/mol. The number of nitrogens with zero attached hydrogens (tertiary/aromatic N) is 3. The van der Waals surface area contributed by atoms with Crippen LogP contribution < -0.4 is 5.48 Å². The van der Waals surface area contributed by atoms with Crippen molar-refractivity contribution < 1.29 is 19.1 Å². The Kier molecular flexibility index (Phi) is 8.28. The van der Waals surface area contributed by atoms with Crippen molar-refractivity contribution in [2.45, 2.75) is 45.6 Å². The summed E-state index contributed by atoms with van der Waals surface area (Å²) in [6.45, 7) is 12.1. The molecule has 4 rings (SSSR count). The minimum Gasteiger partial charge on any atom is -0.379 e. The summed E-state index contributed by atoms with van der Waals surface area (Å²) in [5.41, 5.74) is 4.86. The summed E-state index contributed by atoms with van der Waals surface area (Å²) in [5.74, 6) is -1.14. The third-order valence-electron chi connectivity index (χ3n) is 6.85. The lowest BCUT2D eigenvalue weighted by Crippen LogP contribution is -2.55. The molecule has 2 aromatic carbocycles. The van der Waals surface area contributed by atoms with Crippen LogP contribution in [0, 0.1) is 5.82 Å². The molecule has 2 aromatic rings. The van der Waals surface area contributed by atoms with Gasteiger partial charge in [-0.3, -0.25) is 24.7 Å². The van der Waals surface area contributed by atoms with Crippen molar-refractivity contribution in [2.24, 2.45) is 0 Å². The highest BCUT2D eigenvalue weighted by atomic mass is 19.1. The van der Waals surface area contributed by atoms with Crippen LogP contribution in [0.1, 0.15) is 40.9 Å². The predicted octanol–water partition coefficient (Wildman–Crippen LogP) is 2.87. The number of morpholine rings is 1. The van der Waals surface area contributed by atoms with Gasteiger partial charge in [0.2, 0.25) is 0 Å². The van der Waals surface area contributed by atoms with E-state index >= 15 is 0 Å². The van der Waals surface area contributed by atoms with Crippen LogP contribution in [0.3, 0.4) is 0 Å². The van der Waals surface area contributed by atoms with E-state index in [1.807, 2.05) is 0 Å². The first-order valence-electron chi connectivity index (χ1n) is 12.0. The number of ether oxygens (including phenoxy) is 1. The monoisotopic (exact) mass is 470 g/mol. The normalized spacial score (nSPS) is 22.6. The molecule has 7 nitrogen and oxygen atoms in total. The van der Waals surface area contributed by atoms with Gasteiger partial charge in [-0.2, -0.15) is 0 Å². The Bertz CT molecular complexity index is 970. The number of piperazine rings is 1. The van der Waals surface area contributed by atoms with Crippen molar-refractivity contribution >= 4 is 5.91 Å². The largest absolute Gasteiger partial charge is 0.379 e. The van der Waals surface area contributed by atoms with E-state index < -0.39 is 11.7 Å². The number of nitrogens with one attached hydrogen (secondary N) is 1. The van der Waals surface area contributed by atoms with Crippen LogP contribution in [0.15, 0.2) is 42.5 Å². The summed E-state index contributed by atoms with van der Waals surface area (Å²) >= 11 is 0. The Morgan fingerprint density at radius 1 is 1.00 bits per heavy atom. The molecule has 0 bridgehead atoms. The van der Waals surface area contributed by atoms with Gasteiger partial charge in [0.05, 0.1) is 13.2 Å². The first-order chi connectivity index (χ1) is 16.4. The van der Waals surface area contributed by atoms with Gasteiger partial charge in [0.1, 0.15) is 5.82 Å². The molecule has 2 N–H and O–H groups in total. The molecular weight excluding hydrogens is 435 g/mol. The van der Waals surface area contributed by atoms with Gasteiger partial charge in [0.25, 0.3) is 5.91 Å². The fourth-order valence-corrected chi connectivity index (χ4v) is 5.08. The maximum atomic E-state index is 14.6. The smallest absolute Gasteiger partial charge is 0.274 e. The molecule has 34 heavy (non-hydrogen) atoms. The van der Waals surface area contributed by atoms with Gasteiger partial charge < -0.3 is 4.74 Å². The Morgan fingerprint density at radius 2 is 1.68 bits per heavy atom. The summed E-state index contributed by atoms with van der Waals surface area (Å²) in [5, 5.41) is 8.75. The lowest BCUT2D eigenvalue weighted by atomic mass is 10.0. The van der Waals surface area contributed by atoms with E-state index in [0.717, 1.165) is 52.5 Å². The zero-order valence-corrected chi connectivity index (χ0v) is 20.0. The number of rotatable bonds is 7. The number of hydrogen-bond acceptors (Lipinski definition) is 6. The summed E-state index contributed by atoms with van der Waals surface area (Å²) in [4.78, 5) is 18.7. The van der Waals surface area contributed by atoms with Gasteiger partial charge in [-0.1, -0.05) is 30.3 Å². The molecule has 0 spiro atoms. The summed E-state index contributed by atoms with van der Waals surface area (Å²) in [7, 11) is 0. The molecule has 0 aromatic heterocycles. The fraction of sp³-hybridized carbons (Fsp3) is 0.500. The van der Waals surface area contributed by atoms with E-state index in [9.17, 15) is 9.18 Å². The van der Waals surface area contributed by atoms with Gasteiger partial charge in [-0.15, -0.1) is 0 Å². The Morgan fingerprint density at radius 3 is 2.32 bits per heavy atom. The molecular formula is C26H35FN4O3. The highest BCUT2D eigenvalue weighted by Crippen LogP contribution is 2.22.